The number of rotatable bonds is 24. The Balaban J connectivity index is 0.000000157. The van der Waals surface area contributed by atoms with Crippen molar-refractivity contribution in [1.29, 1.82) is 10.5 Å². The highest BCUT2D eigenvalue weighted by Crippen LogP contribution is 2.41. The largest absolute Gasteiger partial charge is 0.314 e. The maximum absolute atomic E-state index is 13.5. The van der Waals surface area contributed by atoms with E-state index in [9.17, 15) is 39.6 Å². The summed E-state index contributed by atoms with van der Waals surface area (Å²) in [4.78, 5) is 47.2. The minimum Gasteiger partial charge on any atom is -0.314 e. The van der Waals surface area contributed by atoms with Gasteiger partial charge < -0.3 is 13.7 Å². The van der Waals surface area contributed by atoms with Crippen molar-refractivity contribution in [3.8, 4) is 29.2 Å². The predicted octanol–water partition coefficient (Wildman–Crippen LogP) is 12.8. The van der Waals surface area contributed by atoms with Gasteiger partial charge in [0, 0.05) is 128 Å². The summed E-state index contributed by atoms with van der Waals surface area (Å²) in [5, 5.41) is 18.9. The number of carbonyl (C=O) groups excluding carboxylic acids is 3. The van der Waals surface area contributed by atoms with Crippen LogP contribution in [0, 0.1) is 50.4 Å². The van der Waals surface area contributed by atoms with Gasteiger partial charge in [-0.2, -0.15) is 10.5 Å². The lowest BCUT2D eigenvalue weighted by molar-refractivity contribution is 0.0910. The number of hydrogen-bond acceptors (Lipinski definition) is 14. The summed E-state index contributed by atoms with van der Waals surface area (Å²) in [6, 6.07) is 33.5. The van der Waals surface area contributed by atoms with Crippen LogP contribution in [0.2, 0.25) is 5.02 Å². The molecule has 0 radical (unpaired) electrons. The molecule has 12 rings (SSSR count). The van der Waals surface area contributed by atoms with Gasteiger partial charge in [0.05, 0.1) is 60.2 Å². The van der Waals surface area contributed by atoms with Crippen molar-refractivity contribution >= 4 is 76.7 Å². The van der Waals surface area contributed by atoms with Gasteiger partial charge in [0.1, 0.15) is 29.5 Å². The van der Waals surface area contributed by atoms with E-state index in [0.717, 1.165) is 67.9 Å². The molecule has 6 aliphatic rings. The molecule has 6 bridgehead atoms. The molecule has 3 aromatic heterocycles. The van der Waals surface area contributed by atoms with Crippen molar-refractivity contribution in [2.75, 3.05) is 55.7 Å². The van der Waals surface area contributed by atoms with E-state index in [0.29, 0.717) is 96.9 Å². The highest BCUT2D eigenvalue weighted by Gasteiger charge is 2.43. The van der Waals surface area contributed by atoms with Crippen molar-refractivity contribution < 1.29 is 39.6 Å². The lowest BCUT2D eigenvalue weighted by Crippen LogP contribution is -2.34. The molecular formula is C75H89ClN8O9S3. The number of aromatic nitrogens is 3. The Morgan fingerprint density at radius 2 is 0.750 bits per heavy atom. The van der Waals surface area contributed by atoms with Gasteiger partial charge in [-0.25, -0.2) is 25.3 Å². The van der Waals surface area contributed by atoms with Crippen LogP contribution in [0.4, 0.5) is 0 Å². The third-order valence-corrected chi connectivity index (χ3v) is 23.5. The first-order valence-electron chi connectivity index (χ1n) is 33.5. The zero-order chi connectivity index (χ0) is 68.8. The number of benzene rings is 3. The number of nitriles is 2. The molecule has 9 heterocycles. The van der Waals surface area contributed by atoms with Gasteiger partial charge in [-0.3, -0.25) is 29.1 Å². The highest BCUT2D eigenvalue weighted by atomic mass is 35.5. The minimum absolute atomic E-state index is 0.0859. The van der Waals surface area contributed by atoms with Crippen LogP contribution >= 0.6 is 11.6 Å². The quantitative estimate of drug-likeness (QED) is 0.0514. The van der Waals surface area contributed by atoms with Crippen LogP contribution in [0.15, 0.2) is 103 Å². The van der Waals surface area contributed by atoms with Crippen molar-refractivity contribution in [3.63, 3.8) is 0 Å². The summed E-state index contributed by atoms with van der Waals surface area (Å²) in [7, 11) is -9.09. The fraction of sp³-hybridized carbons (Fsp3) is 0.453. The molecule has 17 nitrogen and oxygen atoms in total. The number of carbonyl (C=O) groups is 3. The molecule has 6 aromatic rings. The molecule has 0 unspecified atom stereocenters. The fourth-order valence-corrected chi connectivity index (χ4v) is 17.4. The number of sulfone groups is 3. The van der Waals surface area contributed by atoms with Crippen molar-refractivity contribution in [2.24, 2.45) is 0 Å². The maximum atomic E-state index is 13.5. The smallest absolute Gasteiger partial charge is 0.178 e. The van der Waals surface area contributed by atoms with E-state index in [4.69, 9.17) is 22.1 Å². The Labute approximate surface area is 572 Å². The normalized spacial score (nSPS) is 20.9. The first-order chi connectivity index (χ1) is 45.7. The summed E-state index contributed by atoms with van der Waals surface area (Å²) < 4.78 is 74.9. The van der Waals surface area contributed by atoms with E-state index in [1.807, 2.05) is 139 Å². The molecule has 3 aromatic carbocycles. The molecule has 508 valence electrons. The van der Waals surface area contributed by atoms with Crippen LogP contribution in [0.5, 0.6) is 0 Å². The van der Waals surface area contributed by atoms with Crippen LogP contribution in [0.25, 0.3) is 35.3 Å². The highest BCUT2D eigenvalue weighted by molar-refractivity contribution is 7.91. The van der Waals surface area contributed by atoms with E-state index in [1.54, 1.807) is 24.3 Å². The van der Waals surface area contributed by atoms with Crippen LogP contribution in [0.3, 0.4) is 0 Å². The van der Waals surface area contributed by atoms with Gasteiger partial charge in [-0.1, -0.05) is 29.8 Å². The predicted molar refractivity (Wildman–Crippen MR) is 382 cm³/mol. The van der Waals surface area contributed by atoms with Crippen LogP contribution in [-0.4, -0.2) is 163 Å². The second-order valence-corrected chi connectivity index (χ2v) is 34.3. The van der Waals surface area contributed by atoms with Gasteiger partial charge in [0.15, 0.2) is 17.3 Å². The Bertz CT molecular complexity index is 4360. The average Bonchev–Trinajstić information content (AvgIpc) is 1.62. The molecular weight excluding hydrogens is 1290 g/mol. The van der Waals surface area contributed by atoms with Crippen LogP contribution in [-0.2, 0) is 29.5 Å². The number of fused-ring (bicyclic) bond motifs is 6. The third kappa shape index (κ3) is 17.2. The fourth-order valence-electron chi connectivity index (χ4n) is 15.6. The monoisotopic (exact) mass is 1380 g/mol. The van der Waals surface area contributed by atoms with E-state index in [2.05, 4.69) is 26.8 Å². The number of Topliss-reactive ketones (excluding diaryl/α,β-unsaturated/α-hetero) is 3. The van der Waals surface area contributed by atoms with Crippen LogP contribution < -0.4 is 0 Å². The van der Waals surface area contributed by atoms with Gasteiger partial charge in [0.25, 0.3) is 0 Å². The minimum atomic E-state index is -3.04. The van der Waals surface area contributed by atoms with Gasteiger partial charge in [-0.05, 0) is 233 Å². The Morgan fingerprint density at radius 1 is 0.448 bits per heavy atom. The SMILES string of the molecule is Cc1c(C(=O)CN2C3CCC2CC3)c(C)n(-c2ccc(C#N)cc2)c1/C=C\CCS(C)(=O)=O.Cc1c(C(=O)CN2C3CCC2CC3)cc(/C=C/CCS(C)(=O)=O)n1-c1ccc(C#N)cc1.Cc1c(C(=O)CN2C3CCC2CC3)cc(/C=C/CCS(C)(=O)=O)n1-c1ccc(Cl)cc1. The van der Waals surface area contributed by atoms with E-state index < -0.39 is 29.5 Å². The van der Waals surface area contributed by atoms with Gasteiger partial charge >= 0.3 is 0 Å². The number of ketones is 3. The first-order valence-corrected chi connectivity index (χ1v) is 40.1. The number of halogens is 1. The first kappa shape index (κ1) is 71.5. The van der Waals surface area contributed by atoms with Crippen molar-refractivity contribution in [2.45, 2.75) is 160 Å². The molecule has 0 saturated carbocycles. The van der Waals surface area contributed by atoms with Crippen molar-refractivity contribution in [1.82, 2.24) is 28.4 Å². The number of nitrogens with zero attached hydrogens (tertiary/aromatic N) is 8. The summed E-state index contributed by atoms with van der Waals surface area (Å²) >= 11 is 6.07. The van der Waals surface area contributed by atoms with Crippen LogP contribution in [0.1, 0.15) is 178 Å². The zero-order valence-electron chi connectivity index (χ0n) is 56.2. The number of allylic oxidation sites excluding steroid dienone is 3. The lowest BCUT2D eigenvalue weighted by atomic mass is 10.0. The summed E-state index contributed by atoms with van der Waals surface area (Å²) in [5.74, 6) is 0.691. The maximum Gasteiger partial charge on any atom is 0.178 e. The molecule has 0 amide bonds. The molecule has 6 saturated heterocycles. The summed E-state index contributed by atoms with van der Waals surface area (Å²) in [6.07, 6.45) is 30.6. The van der Waals surface area contributed by atoms with E-state index in [-0.39, 0.29) is 34.6 Å². The Kier molecular flexibility index (Phi) is 22.8. The standard InChI is InChI=1S/C26H31N3O3S.C25H29N3O3S.C24H29ClN2O3S/c1-18-24(6-4-5-15-33(3,31)32)29(23-9-7-20(16-27)8-10-23)19(2)26(18)25(30)17-28-21-11-12-22(28)14-13-21;1-18-24(25(29)17-27-20-10-11-21(27)13-12-20)15-23(5-3-4-14-32(2,30)31)28(18)22-8-6-19(16-26)7-9-22;1-17-23(24(28)16-26-19-10-11-20(26)13-12-19)15-22(5-3-4-14-31(2,29)30)27(17)21-8-6-18(25)7-9-21/h4,6-10,21-22H,5,11-15,17H2,1-3H3;3,5-9,15,20-21H,4,10-14,17H2,1-2H3;3,5-9,15,19-20H,4,10-14,16H2,1-2H3/b6-4-;2*5-3+. The molecule has 96 heavy (non-hydrogen) atoms. The average molecular weight is 1380 g/mol. The third-order valence-electron chi connectivity index (χ3n) is 20.3. The Morgan fingerprint density at radius 3 is 1.07 bits per heavy atom. The van der Waals surface area contributed by atoms with Gasteiger partial charge in [-0.15, -0.1) is 0 Å². The second-order valence-electron chi connectivity index (χ2n) is 27.0. The number of hydrogen-bond donors (Lipinski definition) is 0. The molecule has 0 spiro atoms. The molecule has 21 heteroatoms. The molecule has 6 aliphatic heterocycles. The van der Waals surface area contributed by atoms with E-state index in [1.165, 1.54) is 95.8 Å². The molecule has 6 fully saturated rings. The lowest BCUT2D eigenvalue weighted by Gasteiger charge is -2.20. The Hall–Kier alpha value is -7.27. The summed E-state index contributed by atoms with van der Waals surface area (Å²) in [5.41, 5.74) is 12.1. The van der Waals surface area contributed by atoms with Crippen molar-refractivity contribution in [3.05, 3.63) is 176 Å². The topological polar surface area (TPSA) is 226 Å². The second kappa shape index (κ2) is 30.7. The molecule has 0 aliphatic carbocycles. The molecule has 0 atom stereocenters. The zero-order valence-corrected chi connectivity index (χ0v) is 59.4. The molecule has 0 N–H and O–H groups in total. The van der Waals surface area contributed by atoms with E-state index >= 15 is 0 Å². The summed E-state index contributed by atoms with van der Waals surface area (Å²) in [6.45, 7) is 9.21. The van der Waals surface area contributed by atoms with Gasteiger partial charge in [0.2, 0.25) is 0 Å².